The minimum Gasteiger partial charge on any atom is -0.338 e. The molecule has 2 aliphatic rings. The Hall–Kier alpha value is -1.77. The van der Waals surface area contributed by atoms with Gasteiger partial charge in [-0.2, -0.15) is 9.29 Å². The number of benzene rings is 1. The second kappa shape index (κ2) is 7.98. The van der Waals surface area contributed by atoms with Gasteiger partial charge in [0.25, 0.3) is 0 Å². The topological polar surface area (TPSA) is 79.5 Å². The third kappa shape index (κ3) is 4.43. The van der Waals surface area contributed by atoms with Crippen LogP contribution in [0, 0.1) is 13.8 Å². The fraction of sp³-hybridized carbons (Fsp3) is 0.652. The van der Waals surface area contributed by atoms with E-state index in [1.165, 1.54) is 0 Å². The standard InChI is InChI=1S/C23H34N4O3S/c1-15-13-19(23(4,5)6)14-16(2)20(15)31(28,29)27-11-9-26(10-12-27)17(3)22-24-21(25-30-22)18-7-8-18/h13-14,17-18H,7-12H2,1-6H3/t17-/m1/s1. The van der Waals surface area contributed by atoms with Crippen molar-refractivity contribution in [3.63, 3.8) is 0 Å². The molecule has 31 heavy (non-hydrogen) atoms. The predicted molar refractivity (Wildman–Crippen MR) is 120 cm³/mol. The van der Waals surface area contributed by atoms with Crippen LogP contribution in [0.25, 0.3) is 0 Å². The van der Waals surface area contributed by atoms with Gasteiger partial charge in [0.15, 0.2) is 5.82 Å². The van der Waals surface area contributed by atoms with Gasteiger partial charge in [-0.15, -0.1) is 0 Å². The fourth-order valence-electron chi connectivity index (χ4n) is 4.33. The summed E-state index contributed by atoms with van der Waals surface area (Å²) in [6.45, 7) is 14.5. The zero-order valence-corrected chi connectivity index (χ0v) is 20.3. The van der Waals surface area contributed by atoms with Gasteiger partial charge in [-0.1, -0.05) is 38.1 Å². The molecule has 2 fully saturated rings. The van der Waals surface area contributed by atoms with E-state index in [0.29, 0.717) is 42.9 Å². The first-order chi connectivity index (χ1) is 14.5. The molecule has 1 aliphatic carbocycles. The van der Waals surface area contributed by atoms with E-state index in [1.54, 1.807) is 4.31 Å². The summed E-state index contributed by atoms with van der Waals surface area (Å²) in [7, 11) is -3.54. The van der Waals surface area contributed by atoms with Crippen molar-refractivity contribution >= 4 is 10.0 Å². The van der Waals surface area contributed by atoms with Crippen molar-refractivity contribution in [1.82, 2.24) is 19.3 Å². The third-order valence-corrected chi connectivity index (χ3v) is 8.71. The summed E-state index contributed by atoms with van der Waals surface area (Å²) in [5, 5.41) is 4.11. The van der Waals surface area contributed by atoms with Crippen LogP contribution in [-0.4, -0.2) is 53.9 Å². The molecule has 2 aromatic rings. The molecule has 0 spiro atoms. The number of aromatic nitrogens is 2. The molecule has 1 atom stereocenters. The van der Waals surface area contributed by atoms with Crippen LogP contribution in [0.1, 0.15) is 80.9 Å². The average Bonchev–Trinajstić information content (AvgIpc) is 3.43. The highest BCUT2D eigenvalue weighted by Gasteiger charge is 2.35. The summed E-state index contributed by atoms with van der Waals surface area (Å²) in [5.74, 6) is 1.90. The number of aryl methyl sites for hydroxylation is 2. The minimum atomic E-state index is -3.54. The molecule has 0 amide bonds. The van der Waals surface area contributed by atoms with E-state index in [4.69, 9.17) is 4.52 Å². The minimum absolute atomic E-state index is 0.0144. The molecule has 1 saturated heterocycles. The Kier molecular flexibility index (Phi) is 5.77. The summed E-state index contributed by atoms with van der Waals surface area (Å²) in [6.07, 6.45) is 2.28. The molecular formula is C23H34N4O3S. The van der Waals surface area contributed by atoms with Crippen LogP contribution < -0.4 is 0 Å². The summed E-state index contributed by atoms with van der Waals surface area (Å²) in [4.78, 5) is 7.24. The molecule has 4 rings (SSSR count). The van der Waals surface area contributed by atoms with Crippen LogP contribution >= 0.6 is 0 Å². The van der Waals surface area contributed by atoms with Crippen LogP contribution in [0.4, 0.5) is 0 Å². The van der Waals surface area contributed by atoms with Gasteiger partial charge in [0.1, 0.15) is 0 Å². The van der Waals surface area contributed by atoms with Gasteiger partial charge in [0.05, 0.1) is 10.9 Å². The molecule has 2 heterocycles. The van der Waals surface area contributed by atoms with Crippen molar-refractivity contribution in [2.45, 2.75) is 76.7 Å². The molecule has 0 unspecified atom stereocenters. The first-order valence-corrected chi connectivity index (χ1v) is 12.6. The van der Waals surface area contributed by atoms with Gasteiger partial charge in [-0.05, 0) is 55.7 Å². The van der Waals surface area contributed by atoms with Crippen LogP contribution in [0.5, 0.6) is 0 Å². The summed E-state index contributed by atoms with van der Waals surface area (Å²) < 4.78 is 34.1. The molecule has 1 saturated carbocycles. The Bertz CT molecular complexity index is 1040. The van der Waals surface area contributed by atoms with Crippen molar-refractivity contribution in [2.24, 2.45) is 0 Å². The zero-order valence-electron chi connectivity index (χ0n) is 19.5. The van der Waals surface area contributed by atoms with E-state index in [1.807, 2.05) is 32.9 Å². The maximum atomic E-state index is 13.5. The van der Waals surface area contributed by atoms with E-state index in [0.717, 1.165) is 35.4 Å². The zero-order chi connectivity index (χ0) is 22.6. The summed E-state index contributed by atoms with van der Waals surface area (Å²) >= 11 is 0. The van der Waals surface area contributed by atoms with Crippen molar-refractivity contribution in [2.75, 3.05) is 26.2 Å². The highest BCUT2D eigenvalue weighted by atomic mass is 32.2. The quantitative estimate of drug-likeness (QED) is 0.692. The van der Waals surface area contributed by atoms with Crippen molar-refractivity contribution in [1.29, 1.82) is 0 Å². The van der Waals surface area contributed by atoms with E-state index in [2.05, 4.69) is 35.8 Å². The van der Waals surface area contributed by atoms with Crippen LogP contribution in [0.15, 0.2) is 21.6 Å². The maximum Gasteiger partial charge on any atom is 0.243 e. The summed E-state index contributed by atoms with van der Waals surface area (Å²) in [6, 6.07) is 4.02. The Morgan fingerprint density at radius 3 is 2.16 bits per heavy atom. The fourth-order valence-corrected chi connectivity index (χ4v) is 6.16. The Morgan fingerprint density at radius 1 is 1.06 bits per heavy atom. The van der Waals surface area contributed by atoms with Crippen molar-refractivity contribution in [3.05, 3.63) is 40.5 Å². The van der Waals surface area contributed by atoms with Gasteiger partial charge in [0.2, 0.25) is 15.9 Å². The van der Waals surface area contributed by atoms with Gasteiger partial charge in [-0.3, -0.25) is 4.90 Å². The molecule has 7 nitrogen and oxygen atoms in total. The number of nitrogens with zero attached hydrogens (tertiary/aromatic N) is 4. The SMILES string of the molecule is Cc1cc(C(C)(C)C)cc(C)c1S(=O)(=O)N1CCN([C@H](C)c2nc(C3CC3)no2)CC1. The largest absolute Gasteiger partial charge is 0.338 e. The molecule has 0 bridgehead atoms. The molecule has 1 aromatic carbocycles. The summed E-state index contributed by atoms with van der Waals surface area (Å²) in [5.41, 5.74) is 2.77. The van der Waals surface area contributed by atoms with E-state index in [9.17, 15) is 8.42 Å². The number of sulfonamides is 1. The Morgan fingerprint density at radius 2 is 1.65 bits per heavy atom. The van der Waals surface area contributed by atoms with Crippen LogP contribution in [0.3, 0.4) is 0 Å². The molecule has 0 N–H and O–H groups in total. The molecule has 8 heteroatoms. The average molecular weight is 447 g/mol. The Labute approximate surface area is 185 Å². The molecular weight excluding hydrogens is 412 g/mol. The van der Waals surface area contributed by atoms with Gasteiger partial charge in [-0.25, -0.2) is 8.42 Å². The highest BCUT2D eigenvalue weighted by Crippen LogP contribution is 2.39. The first kappa shape index (κ1) is 22.4. The second-order valence-corrected chi connectivity index (χ2v) is 11.9. The number of hydrogen-bond donors (Lipinski definition) is 0. The van der Waals surface area contributed by atoms with E-state index < -0.39 is 10.0 Å². The second-order valence-electron chi connectivity index (χ2n) is 10.1. The van der Waals surface area contributed by atoms with Crippen LogP contribution in [-0.2, 0) is 15.4 Å². The Balaban J connectivity index is 1.47. The molecule has 0 radical (unpaired) electrons. The lowest BCUT2D eigenvalue weighted by molar-refractivity contribution is 0.124. The lowest BCUT2D eigenvalue weighted by Gasteiger charge is -2.36. The molecule has 1 aliphatic heterocycles. The maximum absolute atomic E-state index is 13.5. The lowest BCUT2D eigenvalue weighted by Crippen LogP contribution is -2.49. The molecule has 170 valence electrons. The molecule has 1 aromatic heterocycles. The third-order valence-electron chi connectivity index (χ3n) is 6.50. The number of piperazine rings is 1. The van der Waals surface area contributed by atoms with E-state index >= 15 is 0 Å². The monoisotopic (exact) mass is 446 g/mol. The van der Waals surface area contributed by atoms with Gasteiger partial charge in [0, 0.05) is 32.1 Å². The van der Waals surface area contributed by atoms with Crippen molar-refractivity contribution in [3.8, 4) is 0 Å². The van der Waals surface area contributed by atoms with Crippen LogP contribution in [0.2, 0.25) is 0 Å². The predicted octanol–water partition coefficient (Wildman–Crippen LogP) is 3.93. The highest BCUT2D eigenvalue weighted by molar-refractivity contribution is 7.89. The normalized spacial score (nSPS) is 20.2. The van der Waals surface area contributed by atoms with Gasteiger partial charge < -0.3 is 4.52 Å². The van der Waals surface area contributed by atoms with Gasteiger partial charge >= 0.3 is 0 Å². The first-order valence-electron chi connectivity index (χ1n) is 11.2. The van der Waals surface area contributed by atoms with Crippen molar-refractivity contribution < 1.29 is 12.9 Å². The number of rotatable bonds is 5. The van der Waals surface area contributed by atoms with E-state index in [-0.39, 0.29) is 11.5 Å². The number of hydrogen-bond acceptors (Lipinski definition) is 6. The lowest BCUT2D eigenvalue weighted by atomic mass is 9.85. The smallest absolute Gasteiger partial charge is 0.243 e.